The number of carboxylic acid groups (broad SMARTS) is 1. The van der Waals surface area contributed by atoms with Crippen molar-refractivity contribution in [3.05, 3.63) is 36.8 Å². The van der Waals surface area contributed by atoms with Crippen molar-refractivity contribution >= 4 is 27.0 Å². The van der Waals surface area contributed by atoms with Gasteiger partial charge < -0.3 is 14.7 Å². The number of hydrogen-bond donors (Lipinski definition) is 1. The lowest BCUT2D eigenvalue weighted by molar-refractivity contribution is 0.0982. The molecule has 164 valence electrons. The number of carbonyl (C=O) groups is 1. The summed E-state index contributed by atoms with van der Waals surface area (Å²) in [5.41, 5.74) is 1.22. The van der Waals surface area contributed by atoms with Crippen LogP contribution in [0.5, 0.6) is 5.88 Å². The first-order valence-electron chi connectivity index (χ1n) is 9.65. The van der Waals surface area contributed by atoms with Gasteiger partial charge >= 0.3 is 6.09 Å². The molecule has 1 amide bonds. The SMILES string of the molecule is CS(=O)(=O)c1ccc(-n2ncc3c(OCCN4CCN(C(=O)O)CC4)ncnc32)cc1. The lowest BCUT2D eigenvalue weighted by Crippen LogP contribution is -2.49. The standard InChI is InChI=1S/C19H22N6O5S/c1-31(28,29)15-4-2-14(3-5-15)25-17-16(12-22-25)18(21-13-20-17)30-11-10-23-6-8-24(9-7-23)19(26)27/h2-5,12-13H,6-11H2,1H3,(H,26,27). The average Bonchev–Trinajstić information content (AvgIpc) is 3.19. The van der Waals surface area contributed by atoms with Gasteiger partial charge in [0.1, 0.15) is 18.3 Å². The molecule has 1 aromatic carbocycles. The van der Waals surface area contributed by atoms with Crippen LogP contribution in [0.25, 0.3) is 16.7 Å². The van der Waals surface area contributed by atoms with E-state index in [1.165, 1.54) is 23.4 Å². The van der Waals surface area contributed by atoms with Crippen LogP contribution in [0.3, 0.4) is 0 Å². The molecule has 2 aromatic heterocycles. The Labute approximate surface area is 178 Å². The largest absolute Gasteiger partial charge is 0.476 e. The van der Waals surface area contributed by atoms with Gasteiger partial charge in [0.25, 0.3) is 0 Å². The minimum absolute atomic E-state index is 0.232. The number of benzene rings is 1. The molecule has 1 aliphatic heterocycles. The van der Waals surface area contributed by atoms with Gasteiger partial charge in [0.2, 0.25) is 5.88 Å². The Morgan fingerprint density at radius 2 is 1.84 bits per heavy atom. The van der Waals surface area contributed by atoms with Crippen LogP contribution in [0.2, 0.25) is 0 Å². The smallest absolute Gasteiger partial charge is 0.407 e. The van der Waals surface area contributed by atoms with Crippen molar-refractivity contribution in [1.82, 2.24) is 29.5 Å². The van der Waals surface area contributed by atoms with Gasteiger partial charge in [0, 0.05) is 39.0 Å². The van der Waals surface area contributed by atoms with E-state index in [9.17, 15) is 13.2 Å². The lowest BCUT2D eigenvalue weighted by atomic mass is 10.3. The Balaban J connectivity index is 1.44. The maximum absolute atomic E-state index is 11.7. The number of nitrogens with zero attached hydrogens (tertiary/aromatic N) is 6. The second-order valence-corrected chi connectivity index (χ2v) is 9.21. The van der Waals surface area contributed by atoms with Crippen LogP contribution < -0.4 is 4.74 Å². The van der Waals surface area contributed by atoms with Crippen molar-refractivity contribution in [3.63, 3.8) is 0 Å². The van der Waals surface area contributed by atoms with Gasteiger partial charge in [-0.3, -0.25) is 4.90 Å². The quantitative estimate of drug-likeness (QED) is 0.586. The Hall–Kier alpha value is -3.25. The summed E-state index contributed by atoms with van der Waals surface area (Å²) in [7, 11) is -3.28. The molecule has 1 N–H and O–H groups in total. The van der Waals surface area contributed by atoms with Crippen LogP contribution in [-0.4, -0.2) is 94.8 Å². The Kier molecular flexibility index (Phi) is 5.74. The molecular formula is C19H22N6O5S. The zero-order valence-corrected chi connectivity index (χ0v) is 17.7. The van der Waals surface area contributed by atoms with Gasteiger partial charge in [-0.2, -0.15) is 5.10 Å². The summed E-state index contributed by atoms with van der Waals surface area (Å²) in [4.78, 5) is 23.3. The van der Waals surface area contributed by atoms with Crippen molar-refractivity contribution < 1.29 is 23.1 Å². The number of rotatable bonds is 6. The molecule has 3 heterocycles. The number of piperazine rings is 1. The molecule has 1 saturated heterocycles. The van der Waals surface area contributed by atoms with Crippen LogP contribution in [-0.2, 0) is 9.84 Å². The molecule has 0 atom stereocenters. The molecule has 0 spiro atoms. The van der Waals surface area contributed by atoms with E-state index < -0.39 is 15.9 Å². The highest BCUT2D eigenvalue weighted by atomic mass is 32.2. The topological polar surface area (TPSA) is 131 Å². The van der Waals surface area contributed by atoms with Crippen LogP contribution in [0, 0.1) is 0 Å². The Morgan fingerprint density at radius 1 is 1.13 bits per heavy atom. The van der Waals surface area contributed by atoms with Crippen LogP contribution in [0.1, 0.15) is 0 Å². The number of ether oxygens (including phenoxy) is 1. The number of sulfone groups is 1. The van der Waals surface area contributed by atoms with Gasteiger partial charge in [-0.25, -0.2) is 27.9 Å². The maximum Gasteiger partial charge on any atom is 0.407 e. The first kappa shape index (κ1) is 21.0. The van der Waals surface area contributed by atoms with Crippen LogP contribution in [0.4, 0.5) is 4.79 Å². The fourth-order valence-electron chi connectivity index (χ4n) is 3.40. The average molecular weight is 446 g/mol. The maximum atomic E-state index is 11.7. The fraction of sp³-hybridized carbons (Fsp3) is 0.368. The Morgan fingerprint density at radius 3 is 2.48 bits per heavy atom. The van der Waals surface area contributed by atoms with Gasteiger partial charge in [0.15, 0.2) is 15.5 Å². The molecule has 3 aromatic rings. The number of fused-ring (bicyclic) bond motifs is 1. The van der Waals surface area contributed by atoms with Crippen LogP contribution in [0.15, 0.2) is 41.7 Å². The lowest BCUT2D eigenvalue weighted by Gasteiger charge is -2.32. The Bertz CT molecular complexity index is 1190. The number of hydrogen-bond acceptors (Lipinski definition) is 8. The zero-order valence-electron chi connectivity index (χ0n) is 16.9. The predicted octanol–water partition coefficient (Wildman–Crippen LogP) is 0.893. The first-order chi connectivity index (χ1) is 14.8. The molecule has 1 aliphatic rings. The van der Waals surface area contributed by atoms with E-state index in [0.29, 0.717) is 61.9 Å². The summed E-state index contributed by atoms with van der Waals surface area (Å²) in [6.07, 6.45) is 3.28. The predicted molar refractivity (Wildman–Crippen MR) is 111 cm³/mol. The molecule has 0 radical (unpaired) electrons. The van der Waals surface area contributed by atoms with Crippen molar-refractivity contribution in [2.75, 3.05) is 45.6 Å². The molecular weight excluding hydrogens is 424 g/mol. The summed E-state index contributed by atoms with van der Waals surface area (Å²) in [6, 6.07) is 6.40. The summed E-state index contributed by atoms with van der Waals surface area (Å²) in [5, 5.41) is 14.0. The highest BCUT2D eigenvalue weighted by molar-refractivity contribution is 7.90. The third kappa shape index (κ3) is 4.59. The summed E-state index contributed by atoms with van der Waals surface area (Å²) in [6.45, 7) is 3.34. The molecule has 11 nitrogen and oxygen atoms in total. The third-order valence-electron chi connectivity index (χ3n) is 5.13. The summed E-state index contributed by atoms with van der Waals surface area (Å²) in [5.74, 6) is 0.410. The zero-order chi connectivity index (χ0) is 22.0. The van der Waals surface area contributed by atoms with E-state index >= 15 is 0 Å². The minimum Gasteiger partial charge on any atom is -0.476 e. The molecule has 4 rings (SSSR count). The van der Waals surface area contributed by atoms with Crippen LogP contribution >= 0.6 is 0 Å². The van der Waals surface area contributed by atoms with E-state index in [2.05, 4.69) is 20.0 Å². The highest BCUT2D eigenvalue weighted by Crippen LogP contribution is 2.24. The number of aromatic nitrogens is 4. The molecule has 0 aliphatic carbocycles. The van der Waals surface area contributed by atoms with Gasteiger partial charge in [-0.05, 0) is 24.3 Å². The van der Waals surface area contributed by atoms with E-state index in [-0.39, 0.29) is 4.90 Å². The van der Waals surface area contributed by atoms with Gasteiger partial charge in [0.05, 0.1) is 16.8 Å². The van der Waals surface area contributed by atoms with Gasteiger partial charge in [-0.1, -0.05) is 0 Å². The highest BCUT2D eigenvalue weighted by Gasteiger charge is 2.20. The molecule has 31 heavy (non-hydrogen) atoms. The number of amides is 1. The minimum atomic E-state index is -3.28. The molecule has 0 saturated carbocycles. The second kappa shape index (κ2) is 8.47. The normalized spacial score (nSPS) is 15.3. The molecule has 0 bridgehead atoms. The monoisotopic (exact) mass is 446 g/mol. The summed E-state index contributed by atoms with van der Waals surface area (Å²) >= 11 is 0. The van der Waals surface area contributed by atoms with E-state index in [4.69, 9.17) is 9.84 Å². The first-order valence-corrected chi connectivity index (χ1v) is 11.5. The third-order valence-corrected chi connectivity index (χ3v) is 6.26. The van der Waals surface area contributed by atoms with E-state index in [1.807, 2.05) is 0 Å². The molecule has 12 heteroatoms. The second-order valence-electron chi connectivity index (χ2n) is 7.20. The fourth-order valence-corrected chi connectivity index (χ4v) is 4.03. The van der Waals surface area contributed by atoms with Crippen molar-refractivity contribution in [2.45, 2.75) is 4.90 Å². The molecule has 1 fully saturated rings. The van der Waals surface area contributed by atoms with E-state index in [0.717, 1.165) is 6.26 Å². The summed E-state index contributed by atoms with van der Waals surface area (Å²) < 4.78 is 30.8. The van der Waals surface area contributed by atoms with Gasteiger partial charge in [-0.15, -0.1) is 0 Å². The van der Waals surface area contributed by atoms with E-state index in [1.54, 1.807) is 23.0 Å². The van der Waals surface area contributed by atoms with Crippen molar-refractivity contribution in [3.8, 4) is 11.6 Å². The van der Waals surface area contributed by atoms with Crippen molar-refractivity contribution in [1.29, 1.82) is 0 Å². The molecule has 0 unspecified atom stereocenters. The van der Waals surface area contributed by atoms with Crippen molar-refractivity contribution in [2.24, 2.45) is 0 Å².